The predicted octanol–water partition coefficient (Wildman–Crippen LogP) is 2.05. The summed E-state index contributed by atoms with van der Waals surface area (Å²) in [6.45, 7) is 4.54. The van der Waals surface area contributed by atoms with Gasteiger partial charge in [0, 0.05) is 38.5 Å². The van der Waals surface area contributed by atoms with E-state index in [1.54, 1.807) is 12.4 Å². The van der Waals surface area contributed by atoms with E-state index in [0.29, 0.717) is 26.3 Å². The number of hydrogen-bond acceptors (Lipinski definition) is 4. The summed E-state index contributed by atoms with van der Waals surface area (Å²) in [5.41, 5.74) is 0.960. The van der Waals surface area contributed by atoms with Crippen LogP contribution in [0, 0.1) is 0 Å². The molecular weight excluding hydrogens is 306 g/mol. The molecule has 4 heterocycles. The number of likely N-dealkylation sites (tertiary alicyclic amines) is 2. The third-order valence-corrected chi connectivity index (χ3v) is 5.29. The predicted molar refractivity (Wildman–Crippen MR) is 88.5 cm³/mol. The molecule has 6 heteroatoms. The van der Waals surface area contributed by atoms with Crippen molar-refractivity contribution in [2.75, 3.05) is 32.8 Å². The zero-order chi connectivity index (χ0) is 16.4. The Morgan fingerprint density at radius 2 is 2.00 bits per heavy atom. The van der Waals surface area contributed by atoms with E-state index < -0.39 is 0 Å². The molecule has 1 atom stereocenters. The first-order chi connectivity index (χ1) is 11.7. The quantitative estimate of drug-likeness (QED) is 0.851. The Hall–Kier alpha value is -1.66. The third kappa shape index (κ3) is 3.26. The van der Waals surface area contributed by atoms with Crippen LogP contribution >= 0.6 is 0 Å². The van der Waals surface area contributed by atoms with Gasteiger partial charge in [-0.05, 0) is 37.0 Å². The van der Waals surface area contributed by atoms with E-state index in [1.807, 2.05) is 21.9 Å². The lowest BCUT2D eigenvalue weighted by Gasteiger charge is -2.53. The summed E-state index contributed by atoms with van der Waals surface area (Å²) in [6.07, 6.45) is 7.85. The highest BCUT2D eigenvalue weighted by Gasteiger charge is 2.50. The molecule has 1 unspecified atom stereocenters. The van der Waals surface area contributed by atoms with Crippen molar-refractivity contribution in [1.29, 1.82) is 0 Å². The maximum absolute atomic E-state index is 12.4. The highest BCUT2D eigenvalue weighted by molar-refractivity contribution is 5.76. The molecule has 0 radical (unpaired) electrons. The van der Waals surface area contributed by atoms with Gasteiger partial charge < -0.3 is 19.3 Å². The van der Waals surface area contributed by atoms with Gasteiger partial charge in [0.05, 0.1) is 25.8 Å². The molecule has 130 valence electrons. The summed E-state index contributed by atoms with van der Waals surface area (Å²) in [6, 6.07) is 4.14. The fourth-order valence-corrected chi connectivity index (χ4v) is 3.93. The SMILES string of the molecule is O=C(N1CCCC1)N1CC2(CC(OCc3ccncc3)CCO2)C1. The summed E-state index contributed by atoms with van der Waals surface area (Å²) in [5.74, 6) is 0. The molecule has 3 saturated heterocycles. The highest BCUT2D eigenvalue weighted by Crippen LogP contribution is 2.36. The summed E-state index contributed by atoms with van der Waals surface area (Å²) < 4.78 is 12.1. The molecule has 24 heavy (non-hydrogen) atoms. The molecule has 0 bridgehead atoms. The molecule has 1 aromatic rings. The van der Waals surface area contributed by atoms with E-state index in [9.17, 15) is 4.79 Å². The largest absolute Gasteiger partial charge is 0.373 e. The summed E-state index contributed by atoms with van der Waals surface area (Å²) >= 11 is 0. The van der Waals surface area contributed by atoms with Crippen LogP contribution in [-0.4, -0.2) is 65.3 Å². The van der Waals surface area contributed by atoms with E-state index >= 15 is 0 Å². The number of carbonyl (C=O) groups is 1. The molecule has 1 spiro atoms. The summed E-state index contributed by atoms with van der Waals surface area (Å²) in [7, 11) is 0. The zero-order valence-electron chi connectivity index (χ0n) is 14.0. The Morgan fingerprint density at radius 3 is 2.75 bits per heavy atom. The first-order valence-electron chi connectivity index (χ1n) is 8.92. The maximum atomic E-state index is 12.4. The van der Waals surface area contributed by atoms with Crippen LogP contribution in [0.4, 0.5) is 4.79 Å². The van der Waals surface area contributed by atoms with Crippen molar-refractivity contribution in [3.8, 4) is 0 Å². The molecule has 3 aliphatic heterocycles. The van der Waals surface area contributed by atoms with E-state index in [4.69, 9.17) is 9.47 Å². The average Bonchev–Trinajstić information content (AvgIpc) is 3.13. The Bertz CT molecular complexity index is 568. The summed E-state index contributed by atoms with van der Waals surface area (Å²) in [5, 5.41) is 0. The topological polar surface area (TPSA) is 54.9 Å². The van der Waals surface area contributed by atoms with Gasteiger partial charge in [-0.25, -0.2) is 4.79 Å². The van der Waals surface area contributed by atoms with Gasteiger partial charge in [-0.15, -0.1) is 0 Å². The Morgan fingerprint density at radius 1 is 1.25 bits per heavy atom. The van der Waals surface area contributed by atoms with Crippen molar-refractivity contribution in [3.63, 3.8) is 0 Å². The minimum absolute atomic E-state index is 0.182. The van der Waals surface area contributed by atoms with Gasteiger partial charge in [0.15, 0.2) is 0 Å². The number of ether oxygens (including phenoxy) is 2. The van der Waals surface area contributed by atoms with Crippen molar-refractivity contribution in [2.24, 2.45) is 0 Å². The van der Waals surface area contributed by atoms with E-state index in [1.165, 1.54) is 0 Å². The second-order valence-electron chi connectivity index (χ2n) is 7.15. The van der Waals surface area contributed by atoms with Crippen LogP contribution in [0.3, 0.4) is 0 Å². The van der Waals surface area contributed by atoms with Crippen LogP contribution < -0.4 is 0 Å². The van der Waals surface area contributed by atoms with Crippen molar-refractivity contribution < 1.29 is 14.3 Å². The van der Waals surface area contributed by atoms with Crippen LogP contribution in [0.25, 0.3) is 0 Å². The molecule has 6 nitrogen and oxygen atoms in total. The fourth-order valence-electron chi connectivity index (χ4n) is 3.93. The molecule has 0 aliphatic carbocycles. The zero-order valence-corrected chi connectivity index (χ0v) is 14.0. The van der Waals surface area contributed by atoms with Gasteiger partial charge in [-0.3, -0.25) is 4.98 Å². The van der Waals surface area contributed by atoms with Gasteiger partial charge in [0.2, 0.25) is 0 Å². The second kappa shape index (κ2) is 6.69. The number of rotatable bonds is 3. The Labute approximate surface area is 142 Å². The Balaban J connectivity index is 1.27. The number of carbonyl (C=O) groups excluding carboxylic acids is 1. The first kappa shape index (κ1) is 15.8. The minimum atomic E-state index is -0.184. The van der Waals surface area contributed by atoms with Crippen LogP contribution in [0.1, 0.15) is 31.2 Å². The standard InChI is InChI=1S/C18H25N3O3/c22-17(20-8-1-2-9-20)21-13-18(14-21)11-16(5-10-24-18)23-12-15-3-6-19-7-4-15/h3-4,6-7,16H,1-2,5,8-14H2. The molecule has 4 rings (SSSR count). The lowest BCUT2D eigenvalue weighted by atomic mass is 9.85. The van der Waals surface area contributed by atoms with Crippen LogP contribution in [0.15, 0.2) is 24.5 Å². The number of aromatic nitrogens is 1. The molecule has 0 N–H and O–H groups in total. The van der Waals surface area contributed by atoms with Gasteiger partial charge >= 0.3 is 6.03 Å². The van der Waals surface area contributed by atoms with E-state index in [-0.39, 0.29) is 17.7 Å². The molecular formula is C18H25N3O3. The van der Waals surface area contributed by atoms with Crippen molar-refractivity contribution in [2.45, 2.75) is 44.0 Å². The molecule has 0 saturated carbocycles. The highest BCUT2D eigenvalue weighted by atomic mass is 16.5. The third-order valence-electron chi connectivity index (χ3n) is 5.29. The number of urea groups is 1. The van der Waals surface area contributed by atoms with Crippen molar-refractivity contribution in [3.05, 3.63) is 30.1 Å². The van der Waals surface area contributed by atoms with Gasteiger partial charge in [-0.2, -0.15) is 0 Å². The van der Waals surface area contributed by atoms with Crippen LogP contribution in [-0.2, 0) is 16.1 Å². The van der Waals surface area contributed by atoms with Crippen molar-refractivity contribution in [1.82, 2.24) is 14.8 Å². The Kier molecular flexibility index (Phi) is 4.41. The summed E-state index contributed by atoms with van der Waals surface area (Å²) in [4.78, 5) is 20.3. The minimum Gasteiger partial charge on any atom is -0.373 e. The lowest BCUT2D eigenvalue weighted by molar-refractivity contribution is -0.188. The average molecular weight is 331 g/mol. The van der Waals surface area contributed by atoms with E-state index in [2.05, 4.69) is 4.98 Å². The normalized spacial score (nSPS) is 25.8. The molecule has 3 aliphatic rings. The van der Waals surface area contributed by atoms with Crippen LogP contribution in [0.2, 0.25) is 0 Å². The fraction of sp³-hybridized carbons (Fsp3) is 0.667. The second-order valence-corrected chi connectivity index (χ2v) is 7.15. The van der Waals surface area contributed by atoms with Gasteiger partial charge in [0.1, 0.15) is 5.60 Å². The van der Waals surface area contributed by atoms with Gasteiger partial charge in [-0.1, -0.05) is 0 Å². The molecule has 2 amide bonds. The molecule has 0 aromatic carbocycles. The smallest absolute Gasteiger partial charge is 0.320 e. The maximum Gasteiger partial charge on any atom is 0.320 e. The number of nitrogens with zero attached hydrogens (tertiary/aromatic N) is 3. The first-order valence-corrected chi connectivity index (χ1v) is 8.92. The number of amides is 2. The molecule has 1 aromatic heterocycles. The monoisotopic (exact) mass is 331 g/mol. The number of hydrogen-bond donors (Lipinski definition) is 0. The van der Waals surface area contributed by atoms with E-state index in [0.717, 1.165) is 44.3 Å². The van der Waals surface area contributed by atoms with Crippen LogP contribution in [0.5, 0.6) is 0 Å². The number of pyridine rings is 1. The lowest BCUT2D eigenvalue weighted by Crippen LogP contribution is -2.68. The van der Waals surface area contributed by atoms with Crippen molar-refractivity contribution >= 4 is 6.03 Å². The van der Waals surface area contributed by atoms with Gasteiger partial charge in [0.25, 0.3) is 0 Å². The molecule has 3 fully saturated rings.